The van der Waals surface area contributed by atoms with Crippen LogP contribution >= 0.6 is 0 Å². The second kappa shape index (κ2) is 8.35. The number of amides is 1. The Morgan fingerprint density at radius 2 is 1.92 bits per heavy atom. The number of hydrogen-bond acceptors (Lipinski definition) is 3. The number of sulfonamides is 1. The summed E-state index contributed by atoms with van der Waals surface area (Å²) in [5.41, 5.74) is 1.27. The first-order chi connectivity index (χ1) is 12.5. The van der Waals surface area contributed by atoms with E-state index in [4.69, 9.17) is 0 Å². The van der Waals surface area contributed by atoms with Gasteiger partial charge in [-0.1, -0.05) is 31.1 Å². The van der Waals surface area contributed by atoms with Gasteiger partial charge >= 0.3 is 0 Å². The molecule has 0 spiro atoms. The van der Waals surface area contributed by atoms with Crippen molar-refractivity contribution in [2.24, 2.45) is 5.92 Å². The van der Waals surface area contributed by atoms with E-state index in [0.29, 0.717) is 41.6 Å². The number of anilines is 1. The molecule has 0 unspecified atom stereocenters. The van der Waals surface area contributed by atoms with Gasteiger partial charge in [-0.2, -0.15) is 4.31 Å². The minimum atomic E-state index is -3.53. The third-order valence-electron chi connectivity index (χ3n) is 5.21. The smallest absolute Gasteiger partial charge is 0.243 e. The van der Waals surface area contributed by atoms with Gasteiger partial charge in [0.25, 0.3) is 0 Å². The van der Waals surface area contributed by atoms with Crippen LogP contribution in [0.25, 0.3) is 0 Å². The molecule has 0 bridgehead atoms. The van der Waals surface area contributed by atoms with E-state index in [0.717, 1.165) is 38.5 Å². The van der Waals surface area contributed by atoms with Crippen molar-refractivity contribution in [1.82, 2.24) is 4.31 Å². The van der Waals surface area contributed by atoms with Crippen molar-refractivity contribution in [2.75, 3.05) is 18.4 Å². The predicted molar refractivity (Wildman–Crippen MR) is 104 cm³/mol. The molecule has 2 aliphatic rings. The number of aryl methyl sites for hydroxylation is 1. The van der Waals surface area contributed by atoms with Crippen molar-refractivity contribution >= 4 is 21.6 Å². The van der Waals surface area contributed by atoms with E-state index in [1.165, 1.54) is 0 Å². The number of nitrogens with one attached hydrogen (secondary N) is 1. The number of carbonyl (C=O) groups excluding carboxylic acids is 1. The predicted octanol–water partition coefficient (Wildman–Crippen LogP) is 3.85. The Balaban J connectivity index is 1.76. The van der Waals surface area contributed by atoms with Gasteiger partial charge < -0.3 is 5.32 Å². The number of rotatable bonds is 5. The van der Waals surface area contributed by atoms with Gasteiger partial charge in [0.2, 0.25) is 15.9 Å². The zero-order valence-electron chi connectivity index (χ0n) is 15.4. The number of carbonyl (C=O) groups is 1. The summed E-state index contributed by atoms with van der Waals surface area (Å²) in [7, 11) is -3.53. The zero-order valence-corrected chi connectivity index (χ0v) is 16.2. The minimum Gasteiger partial charge on any atom is -0.326 e. The Kier molecular flexibility index (Phi) is 6.14. The highest BCUT2D eigenvalue weighted by atomic mass is 32.2. The molecule has 5 nitrogen and oxygen atoms in total. The van der Waals surface area contributed by atoms with E-state index in [9.17, 15) is 13.2 Å². The standard InChI is InChI=1S/C20H28N2O3S/c1-16-10-11-18(21-20(23)14-17-8-4-5-9-17)15-19(16)26(24,25)22-12-6-2-3-7-13-22/h4,8,10-11,15,17H,2-3,5-7,9,12-14H2,1H3,(H,21,23)/t17-/m0/s1. The van der Waals surface area contributed by atoms with Gasteiger partial charge in [0.05, 0.1) is 4.90 Å². The molecule has 1 fully saturated rings. The maximum atomic E-state index is 13.1. The minimum absolute atomic E-state index is 0.0662. The van der Waals surface area contributed by atoms with Crippen LogP contribution in [0.15, 0.2) is 35.2 Å². The normalized spacial score (nSPS) is 21.5. The molecule has 1 saturated heterocycles. The van der Waals surface area contributed by atoms with Gasteiger partial charge in [-0.05, 0) is 56.2 Å². The molecule has 3 rings (SSSR count). The Bertz CT molecular complexity index is 778. The number of benzene rings is 1. The number of nitrogens with zero attached hydrogens (tertiary/aromatic N) is 1. The van der Waals surface area contributed by atoms with Crippen LogP contribution in [-0.2, 0) is 14.8 Å². The quantitative estimate of drug-likeness (QED) is 0.794. The largest absolute Gasteiger partial charge is 0.326 e. The van der Waals surface area contributed by atoms with E-state index in [-0.39, 0.29) is 5.91 Å². The summed E-state index contributed by atoms with van der Waals surface area (Å²) in [5.74, 6) is 0.226. The van der Waals surface area contributed by atoms with Gasteiger partial charge in [0, 0.05) is 25.2 Å². The third-order valence-corrected chi connectivity index (χ3v) is 7.26. The molecule has 1 heterocycles. The maximum Gasteiger partial charge on any atom is 0.243 e. The van der Waals surface area contributed by atoms with Crippen molar-refractivity contribution < 1.29 is 13.2 Å². The molecule has 1 atom stereocenters. The Morgan fingerprint density at radius 1 is 1.19 bits per heavy atom. The molecule has 1 amide bonds. The van der Waals surface area contributed by atoms with Crippen molar-refractivity contribution in [3.63, 3.8) is 0 Å². The Hall–Kier alpha value is -1.66. The van der Waals surface area contributed by atoms with Gasteiger partial charge in [0.15, 0.2) is 0 Å². The van der Waals surface area contributed by atoms with Crippen LogP contribution in [0, 0.1) is 12.8 Å². The van der Waals surface area contributed by atoms with Crippen LogP contribution in [0.4, 0.5) is 5.69 Å². The fraction of sp³-hybridized carbons (Fsp3) is 0.550. The molecule has 1 aliphatic heterocycles. The summed E-state index contributed by atoms with van der Waals surface area (Å²) >= 11 is 0. The fourth-order valence-corrected chi connectivity index (χ4v) is 5.46. The first-order valence-corrected chi connectivity index (χ1v) is 11.0. The summed E-state index contributed by atoms with van der Waals surface area (Å²) in [6.07, 6.45) is 10.6. The van der Waals surface area contributed by atoms with Crippen LogP contribution in [0.2, 0.25) is 0 Å². The SMILES string of the molecule is Cc1ccc(NC(=O)C[C@H]2C=CCC2)cc1S(=O)(=O)N1CCCCCC1. The van der Waals surface area contributed by atoms with E-state index >= 15 is 0 Å². The van der Waals surface area contributed by atoms with E-state index < -0.39 is 10.0 Å². The molecular formula is C20H28N2O3S. The topological polar surface area (TPSA) is 66.5 Å². The van der Waals surface area contributed by atoms with Gasteiger partial charge in [0.1, 0.15) is 0 Å². The molecule has 1 aromatic rings. The molecule has 26 heavy (non-hydrogen) atoms. The van der Waals surface area contributed by atoms with Crippen molar-refractivity contribution in [2.45, 2.75) is 56.8 Å². The van der Waals surface area contributed by atoms with Crippen LogP contribution in [0.1, 0.15) is 50.5 Å². The van der Waals surface area contributed by atoms with Gasteiger partial charge in [-0.3, -0.25) is 4.79 Å². The highest BCUT2D eigenvalue weighted by Crippen LogP contribution is 2.26. The molecule has 0 saturated carbocycles. The fourth-order valence-electron chi connectivity index (χ4n) is 3.69. The van der Waals surface area contributed by atoms with Crippen LogP contribution < -0.4 is 5.32 Å². The molecule has 1 N–H and O–H groups in total. The molecule has 0 aromatic heterocycles. The lowest BCUT2D eigenvalue weighted by Gasteiger charge is -2.21. The Morgan fingerprint density at radius 3 is 2.58 bits per heavy atom. The first-order valence-electron chi connectivity index (χ1n) is 9.54. The second-order valence-electron chi connectivity index (χ2n) is 7.32. The summed E-state index contributed by atoms with van der Waals surface area (Å²) in [5, 5.41) is 2.87. The monoisotopic (exact) mass is 376 g/mol. The van der Waals surface area contributed by atoms with Crippen molar-refractivity contribution in [3.8, 4) is 0 Å². The van der Waals surface area contributed by atoms with Crippen molar-refractivity contribution in [3.05, 3.63) is 35.9 Å². The third kappa shape index (κ3) is 4.54. The summed E-state index contributed by atoms with van der Waals surface area (Å²) in [6, 6.07) is 5.16. The lowest BCUT2D eigenvalue weighted by atomic mass is 10.1. The van der Waals surface area contributed by atoms with Crippen LogP contribution in [-0.4, -0.2) is 31.7 Å². The van der Waals surface area contributed by atoms with E-state index in [2.05, 4.69) is 17.5 Å². The molecule has 1 aromatic carbocycles. The average molecular weight is 377 g/mol. The number of allylic oxidation sites excluding steroid dienone is 2. The zero-order chi connectivity index (χ0) is 18.6. The molecular weight excluding hydrogens is 348 g/mol. The summed E-state index contributed by atoms with van der Waals surface area (Å²) in [4.78, 5) is 12.6. The maximum absolute atomic E-state index is 13.1. The van der Waals surface area contributed by atoms with Crippen LogP contribution in [0.5, 0.6) is 0 Å². The van der Waals surface area contributed by atoms with Gasteiger partial charge in [-0.25, -0.2) is 8.42 Å². The molecule has 142 valence electrons. The molecule has 1 aliphatic carbocycles. The van der Waals surface area contributed by atoms with Crippen molar-refractivity contribution in [1.29, 1.82) is 0 Å². The highest BCUT2D eigenvalue weighted by molar-refractivity contribution is 7.89. The molecule has 0 radical (unpaired) electrons. The van der Waals surface area contributed by atoms with Crippen LogP contribution in [0.3, 0.4) is 0 Å². The second-order valence-corrected chi connectivity index (χ2v) is 9.22. The molecule has 6 heteroatoms. The Labute approximate surface area is 156 Å². The first kappa shape index (κ1) is 19.1. The van der Waals surface area contributed by atoms with E-state index in [1.807, 2.05) is 0 Å². The summed E-state index contributed by atoms with van der Waals surface area (Å²) < 4.78 is 27.8. The lowest BCUT2D eigenvalue weighted by Crippen LogP contribution is -2.32. The highest BCUT2D eigenvalue weighted by Gasteiger charge is 2.27. The summed E-state index contributed by atoms with van der Waals surface area (Å²) in [6.45, 7) is 2.96. The average Bonchev–Trinajstić information content (AvgIpc) is 2.94. The lowest BCUT2D eigenvalue weighted by molar-refractivity contribution is -0.116. The van der Waals surface area contributed by atoms with E-state index in [1.54, 1.807) is 29.4 Å². The van der Waals surface area contributed by atoms with Gasteiger partial charge in [-0.15, -0.1) is 0 Å². The number of hydrogen-bond donors (Lipinski definition) is 1.